The van der Waals surface area contributed by atoms with Gasteiger partial charge in [-0.25, -0.2) is 0 Å². The molecule has 2 aromatic rings. The Morgan fingerprint density at radius 2 is 2.31 bits per heavy atom. The first-order valence-electron chi connectivity index (χ1n) is 4.52. The van der Waals surface area contributed by atoms with Gasteiger partial charge in [0.15, 0.2) is 5.69 Å². The van der Waals surface area contributed by atoms with Crippen LogP contribution in [-0.2, 0) is 0 Å². The molecule has 1 amide bonds. The Bertz CT molecular complexity index is 513. The molecular formula is C10H8ClN3OS. The predicted molar refractivity (Wildman–Crippen MR) is 64.1 cm³/mol. The van der Waals surface area contributed by atoms with E-state index < -0.39 is 0 Å². The molecule has 82 valence electrons. The second kappa shape index (κ2) is 4.59. The molecule has 0 saturated carbocycles. The highest BCUT2D eigenvalue weighted by atomic mass is 35.5. The number of anilines is 1. The summed E-state index contributed by atoms with van der Waals surface area (Å²) in [6.45, 7) is 1.90. The summed E-state index contributed by atoms with van der Waals surface area (Å²) < 4.78 is 7.60. The van der Waals surface area contributed by atoms with Gasteiger partial charge in [0.25, 0.3) is 5.91 Å². The van der Waals surface area contributed by atoms with E-state index >= 15 is 0 Å². The standard InChI is InChI=1S/C10H8ClN3OS/c1-6-2-3-7(4-8(6)11)13-10(15)9-5-12-16-14-9/h2-5H,1H3,(H,13,15). The number of nitrogens with one attached hydrogen (secondary N) is 1. The molecule has 1 aromatic heterocycles. The molecule has 0 fully saturated rings. The Balaban J connectivity index is 2.15. The van der Waals surface area contributed by atoms with Crippen molar-refractivity contribution in [3.05, 3.63) is 40.7 Å². The van der Waals surface area contributed by atoms with Crippen molar-refractivity contribution in [2.75, 3.05) is 5.32 Å². The lowest BCUT2D eigenvalue weighted by Crippen LogP contribution is -2.12. The monoisotopic (exact) mass is 253 g/mol. The Morgan fingerprint density at radius 1 is 1.50 bits per heavy atom. The Morgan fingerprint density at radius 3 is 2.94 bits per heavy atom. The highest BCUT2D eigenvalue weighted by molar-refractivity contribution is 6.99. The number of hydrogen-bond acceptors (Lipinski definition) is 4. The Hall–Kier alpha value is -1.46. The summed E-state index contributed by atoms with van der Waals surface area (Å²) in [5, 5.41) is 3.31. The summed E-state index contributed by atoms with van der Waals surface area (Å²) >= 11 is 6.94. The zero-order valence-corrected chi connectivity index (χ0v) is 9.97. The van der Waals surface area contributed by atoms with E-state index in [1.54, 1.807) is 12.1 Å². The van der Waals surface area contributed by atoms with Gasteiger partial charge < -0.3 is 5.32 Å². The van der Waals surface area contributed by atoms with Crippen molar-refractivity contribution in [3.63, 3.8) is 0 Å². The molecule has 0 saturated heterocycles. The fraction of sp³-hybridized carbons (Fsp3) is 0.100. The fourth-order valence-electron chi connectivity index (χ4n) is 1.13. The van der Waals surface area contributed by atoms with Crippen LogP contribution >= 0.6 is 23.3 Å². The number of rotatable bonds is 2. The van der Waals surface area contributed by atoms with E-state index in [9.17, 15) is 4.79 Å². The minimum Gasteiger partial charge on any atom is -0.321 e. The van der Waals surface area contributed by atoms with E-state index in [4.69, 9.17) is 11.6 Å². The van der Waals surface area contributed by atoms with E-state index in [-0.39, 0.29) is 5.91 Å². The van der Waals surface area contributed by atoms with E-state index in [0.717, 1.165) is 17.3 Å². The summed E-state index contributed by atoms with van der Waals surface area (Å²) in [5.41, 5.74) is 1.92. The molecule has 0 unspecified atom stereocenters. The highest BCUT2D eigenvalue weighted by Crippen LogP contribution is 2.20. The highest BCUT2D eigenvalue weighted by Gasteiger charge is 2.09. The second-order valence-electron chi connectivity index (χ2n) is 3.21. The molecule has 0 radical (unpaired) electrons. The largest absolute Gasteiger partial charge is 0.321 e. The first-order valence-corrected chi connectivity index (χ1v) is 5.63. The topological polar surface area (TPSA) is 54.9 Å². The smallest absolute Gasteiger partial charge is 0.277 e. The molecule has 0 atom stereocenters. The third-order valence-electron chi connectivity index (χ3n) is 2.02. The summed E-state index contributed by atoms with van der Waals surface area (Å²) in [5.74, 6) is -0.284. The van der Waals surface area contributed by atoms with Gasteiger partial charge in [0.05, 0.1) is 17.9 Å². The van der Waals surface area contributed by atoms with Crippen LogP contribution in [0.15, 0.2) is 24.4 Å². The van der Waals surface area contributed by atoms with E-state index in [1.807, 2.05) is 13.0 Å². The number of carbonyl (C=O) groups excluding carboxylic acids is 1. The SMILES string of the molecule is Cc1ccc(NC(=O)c2cnsn2)cc1Cl. The predicted octanol–water partition coefficient (Wildman–Crippen LogP) is 2.75. The average Bonchev–Trinajstić information content (AvgIpc) is 2.77. The zero-order chi connectivity index (χ0) is 11.5. The van der Waals surface area contributed by atoms with Crippen LogP contribution in [0.2, 0.25) is 5.02 Å². The maximum absolute atomic E-state index is 11.6. The lowest BCUT2D eigenvalue weighted by molar-refractivity contribution is 0.102. The van der Waals surface area contributed by atoms with Crippen molar-refractivity contribution in [2.24, 2.45) is 0 Å². The maximum Gasteiger partial charge on any atom is 0.277 e. The van der Waals surface area contributed by atoms with Gasteiger partial charge >= 0.3 is 0 Å². The van der Waals surface area contributed by atoms with Crippen LogP contribution in [0, 0.1) is 6.92 Å². The molecule has 0 aliphatic carbocycles. The second-order valence-corrected chi connectivity index (χ2v) is 4.17. The quantitative estimate of drug-likeness (QED) is 0.895. The van der Waals surface area contributed by atoms with Gasteiger partial charge in [-0.1, -0.05) is 17.7 Å². The van der Waals surface area contributed by atoms with Crippen LogP contribution in [-0.4, -0.2) is 14.7 Å². The van der Waals surface area contributed by atoms with Gasteiger partial charge in [-0.15, -0.1) is 0 Å². The number of benzene rings is 1. The molecule has 0 bridgehead atoms. The van der Waals surface area contributed by atoms with Gasteiger partial charge in [-0.3, -0.25) is 4.79 Å². The number of halogens is 1. The molecule has 1 heterocycles. The van der Waals surface area contributed by atoms with Gasteiger partial charge in [0.1, 0.15) is 0 Å². The normalized spacial score (nSPS) is 10.1. The number of carbonyl (C=O) groups is 1. The van der Waals surface area contributed by atoms with Crippen molar-refractivity contribution in [1.82, 2.24) is 8.75 Å². The van der Waals surface area contributed by atoms with Crippen molar-refractivity contribution >= 4 is 34.9 Å². The van der Waals surface area contributed by atoms with Crippen LogP contribution in [0.4, 0.5) is 5.69 Å². The maximum atomic E-state index is 11.6. The van der Waals surface area contributed by atoms with Crippen molar-refractivity contribution in [1.29, 1.82) is 0 Å². The number of hydrogen-bond donors (Lipinski definition) is 1. The summed E-state index contributed by atoms with van der Waals surface area (Å²) in [7, 11) is 0. The molecule has 2 rings (SSSR count). The molecule has 0 aliphatic rings. The van der Waals surface area contributed by atoms with Crippen LogP contribution in [0.3, 0.4) is 0 Å². The lowest BCUT2D eigenvalue weighted by Gasteiger charge is -2.04. The molecule has 4 nitrogen and oxygen atoms in total. The molecule has 0 aliphatic heterocycles. The van der Waals surface area contributed by atoms with Gasteiger partial charge in [-0.05, 0) is 24.6 Å². The molecule has 6 heteroatoms. The molecular weight excluding hydrogens is 246 g/mol. The van der Waals surface area contributed by atoms with Gasteiger partial charge in [-0.2, -0.15) is 8.75 Å². The molecule has 16 heavy (non-hydrogen) atoms. The first-order chi connectivity index (χ1) is 7.66. The van der Waals surface area contributed by atoms with Gasteiger partial charge in [0, 0.05) is 10.7 Å². The van der Waals surface area contributed by atoms with Crippen LogP contribution in [0.25, 0.3) is 0 Å². The minimum absolute atomic E-state index is 0.284. The van der Waals surface area contributed by atoms with Crippen LogP contribution in [0.5, 0.6) is 0 Å². The molecule has 1 aromatic carbocycles. The Labute approximate surface area is 102 Å². The van der Waals surface area contributed by atoms with Crippen molar-refractivity contribution in [3.8, 4) is 0 Å². The zero-order valence-electron chi connectivity index (χ0n) is 8.40. The van der Waals surface area contributed by atoms with E-state index in [0.29, 0.717) is 16.4 Å². The minimum atomic E-state index is -0.284. The van der Waals surface area contributed by atoms with Crippen LogP contribution < -0.4 is 5.32 Å². The van der Waals surface area contributed by atoms with Gasteiger partial charge in [0.2, 0.25) is 0 Å². The average molecular weight is 254 g/mol. The lowest BCUT2D eigenvalue weighted by atomic mass is 10.2. The third-order valence-corrected chi connectivity index (χ3v) is 2.91. The third kappa shape index (κ3) is 2.37. The van der Waals surface area contributed by atoms with Crippen LogP contribution in [0.1, 0.15) is 16.1 Å². The summed E-state index contributed by atoms with van der Waals surface area (Å²) in [4.78, 5) is 11.6. The Kier molecular flexibility index (Phi) is 3.17. The summed E-state index contributed by atoms with van der Waals surface area (Å²) in [6, 6.07) is 5.34. The van der Waals surface area contributed by atoms with E-state index in [2.05, 4.69) is 14.1 Å². The summed E-state index contributed by atoms with van der Waals surface area (Å²) in [6.07, 6.45) is 1.43. The first kappa shape index (κ1) is 11.0. The molecule has 0 spiro atoms. The number of aryl methyl sites for hydroxylation is 1. The number of amides is 1. The molecule has 1 N–H and O–H groups in total. The van der Waals surface area contributed by atoms with Crippen molar-refractivity contribution in [2.45, 2.75) is 6.92 Å². The van der Waals surface area contributed by atoms with Crippen molar-refractivity contribution < 1.29 is 4.79 Å². The van der Waals surface area contributed by atoms with E-state index in [1.165, 1.54) is 6.20 Å². The fourth-order valence-corrected chi connectivity index (χ4v) is 1.72. The number of nitrogens with zero attached hydrogens (tertiary/aromatic N) is 2. The number of aromatic nitrogens is 2.